The van der Waals surface area contributed by atoms with E-state index in [2.05, 4.69) is 46.7 Å². The van der Waals surface area contributed by atoms with E-state index in [0.29, 0.717) is 5.13 Å². The van der Waals surface area contributed by atoms with Crippen LogP contribution in [0, 0.1) is 12.8 Å². The van der Waals surface area contributed by atoms with Crippen LogP contribution in [0.1, 0.15) is 36.8 Å². The van der Waals surface area contributed by atoms with Gasteiger partial charge in [-0.05, 0) is 25.3 Å². The molecule has 1 aromatic carbocycles. The lowest BCUT2D eigenvalue weighted by Gasteiger charge is -2.06. The molecule has 0 bridgehead atoms. The van der Waals surface area contributed by atoms with Gasteiger partial charge >= 0.3 is 0 Å². The Morgan fingerprint density at radius 2 is 2.18 bits per heavy atom. The summed E-state index contributed by atoms with van der Waals surface area (Å²) >= 11 is 3.11. The monoisotopic (exact) mass is 333 g/mol. The Bertz CT molecular complexity index is 650. The van der Waals surface area contributed by atoms with Crippen molar-refractivity contribution in [3.63, 3.8) is 0 Å². The standard InChI is InChI=1S/C16H19N3OS2/c1-11-5-4-6-12(9-11)10-21-16-19-18-15(22-16)17-14(20)13-7-2-3-8-13/h4-6,9,13H,2-3,7-8,10H2,1H3,(H,17,18,20). The number of benzene rings is 1. The van der Waals surface area contributed by atoms with Crippen LogP contribution in [0.5, 0.6) is 0 Å². The smallest absolute Gasteiger partial charge is 0.229 e. The van der Waals surface area contributed by atoms with E-state index in [0.717, 1.165) is 35.8 Å². The first-order chi connectivity index (χ1) is 10.7. The van der Waals surface area contributed by atoms with Crippen molar-refractivity contribution in [3.8, 4) is 0 Å². The second-order valence-electron chi connectivity index (χ2n) is 5.62. The topological polar surface area (TPSA) is 54.9 Å². The van der Waals surface area contributed by atoms with E-state index >= 15 is 0 Å². The number of thioether (sulfide) groups is 1. The average molecular weight is 333 g/mol. The van der Waals surface area contributed by atoms with Gasteiger partial charge in [-0.2, -0.15) is 0 Å². The maximum absolute atomic E-state index is 12.1. The Balaban J connectivity index is 1.53. The number of rotatable bonds is 5. The van der Waals surface area contributed by atoms with Crippen molar-refractivity contribution in [2.45, 2.75) is 42.7 Å². The molecule has 1 N–H and O–H groups in total. The number of nitrogens with zero attached hydrogens (tertiary/aromatic N) is 2. The van der Waals surface area contributed by atoms with E-state index in [-0.39, 0.29) is 11.8 Å². The van der Waals surface area contributed by atoms with Gasteiger partial charge < -0.3 is 5.32 Å². The predicted octanol–water partition coefficient (Wildman–Crippen LogP) is 4.27. The lowest BCUT2D eigenvalue weighted by molar-refractivity contribution is -0.119. The molecule has 1 aliphatic carbocycles. The molecule has 116 valence electrons. The molecule has 4 nitrogen and oxygen atoms in total. The molecule has 2 aromatic rings. The molecule has 1 saturated carbocycles. The third-order valence-electron chi connectivity index (χ3n) is 3.81. The van der Waals surface area contributed by atoms with Crippen LogP contribution in [-0.2, 0) is 10.5 Å². The minimum absolute atomic E-state index is 0.101. The molecule has 1 fully saturated rings. The van der Waals surface area contributed by atoms with Crippen LogP contribution in [-0.4, -0.2) is 16.1 Å². The summed E-state index contributed by atoms with van der Waals surface area (Å²) in [5, 5.41) is 11.7. The maximum Gasteiger partial charge on any atom is 0.229 e. The van der Waals surface area contributed by atoms with Gasteiger partial charge in [0.1, 0.15) is 0 Å². The first kappa shape index (κ1) is 15.5. The molecular weight excluding hydrogens is 314 g/mol. The van der Waals surface area contributed by atoms with Crippen LogP contribution >= 0.6 is 23.1 Å². The molecule has 6 heteroatoms. The fourth-order valence-corrected chi connectivity index (χ4v) is 4.36. The molecular formula is C16H19N3OS2. The van der Waals surface area contributed by atoms with Gasteiger partial charge in [-0.25, -0.2) is 0 Å². The van der Waals surface area contributed by atoms with Gasteiger partial charge in [-0.15, -0.1) is 10.2 Å². The maximum atomic E-state index is 12.1. The largest absolute Gasteiger partial charge is 0.300 e. The predicted molar refractivity (Wildman–Crippen MR) is 91.2 cm³/mol. The molecule has 22 heavy (non-hydrogen) atoms. The molecule has 0 aliphatic heterocycles. The summed E-state index contributed by atoms with van der Waals surface area (Å²) in [5.74, 6) is 1.13. The van der Waals surface area contributed by atoms with Gasteiger partial charge in [0.05, 0.1) is 0 Å². The number of amides is 1. The van der Waals surface area contributed by atoms with Crippen molar-refractivity contribution >= 4 is 34.1 Å². The van der Waals surface area contributed by atoms with E-state index in [4.69, 9.17) is 0 Å². The average Bonchev–Trinajstić information content (AvgIpc) is 3.17. The molecule has 0 saturated heterocycles. The summed E-state index contributed by atoms with van der Waals surface area (Å²) in [7, 11) is 0. The summed E-state index contributed by atoms with van der Waals surface area (Å²) < 4.78 is 0.892. The fourth-order valence-electron chi connectivity index (χ4n) is 2.66. The zero-order chi connectivity index (χ0) is 15.4. The van der Waals surface area contributed by atoms with E-state index in [1.807, 2.05) is 0 Å². The number of aromatic nitrogens is 2. The zero-order valence-corrected chi connectivity index (χ0v) is 14.2. The van der Waals surface area contributed by atoms with Crippen LogP contribution < -0.4 is 5.32 Å². The van der Waals surface area contributed by atoms with Gasteiger partial charge in [0.25, 0.3) is 0 Å². The lowest BCUT2D eigenvalue weighted by atomic mass is 10.1. The molecule has 1 heterocycles. The van der Waals surface area contributed by atoms with Crippen molar-refractivity contribution in [2.24, 2.45) is 5.92 Å². The fraction of sp³-hybridized carbons (Fsp3) is 0.438. The Morgan fingerprint density at radius 1 is 1.36 bits per heavy atom. The van der Waals surface area contributed by atoms with E-state index < -0.39 is 0 Å². The first-order valence-corrected chi connectivity index (χ1v) is 9.33. The molecule has 1 amide bonds. The van der Waals surface area contributed by atoms with Gasteiger partial charge in [-0.1, -0.05) is 65.8 Å². The second kappa shape index (κ2) is 7.24. The van der Waals surface area contributed by atoms with Gasteiger partial charge in [0.2, 0.25) is 11.0 Å². The van der Waals surface area contributed by atoms with Crippen LogP contribution in [0.2, 0.25) is 0 Å². The highest BCUT2D eigenvalue weighted by atomic mass is 32.2. The van der Waals surface area contributed by atoms with Gasteiger partial charge in [-0.3, -0.25) is 4.79 Å². The van der Waals surface area contributed by atoms with Gasteiger partial charge in [0.15, 0.2) is 4.34 Å². The van der Waals surface area contributed by atoms with Crippen molar-refractivity contribution in [1.82, 2.24) is 10.2 Å². The second-order valence-corrected chi connectivity index (χ2v) is 7.82. The van der Waals surface area contributed by atoms with Crippen molar-refractivity contribution in [1.29, 1.82) is 0 Å². The quantitative estimate of drug-likeness (QED) is 0.656. The highest BCUT2D eigenvalue weighted by molar-refractivity contribution is 8.00. The molecule has 0 unspecified atom stereocenters. The van der Waals surface area contributed by atoms with E-state index in [9.17, 15) is 4.79 Å². The van der Waals surface area contributed by atoms with Crippen LogP contribution in [0.25, 0.3) is 0 Å². The Kier molecular flexibility index (Phi) is 5.10. The Morgan fingerprint density at radius 3 is 2.95 bits per heavy atom. The highest BCUT2D eigenvalue weighted by Crippen LogP contribution is 2.30. The number of carbonyl (C=O) groups is 1. The molecule has 0 atom stereocenters. The zero-order valence-electron chi connectivity index (χ0n) is 12.5. The number of aryl methyl sites for hydroxylation is 1. The number of carbonyl (C=O) groups excluding carboxylic acids is 1. The number of hydrogen-bond acceptors (Lipinski definition) is 5. The summed E-state index contributed by atoms with van der Waals surface area (Å²) in [6.45, 7) is 2.09. The Hall–Kier alpha value is -1.40. The third-order valence-corrected chi connectivity index (χ3v) is 5.85. The van der Waals surface area contributed by atoms with Gasteiger partial charge in [0, 0.05) is 11.7 Å². The number of hydrogen-bond donors (Lipinski definition) is 1. The summed E-state index contributed by atoms with van der Waals surface area (Å²) in [6, 6.07) is 8.45. The lowest BCUT2D eigenvalue weighted by Crippen LogP contribution is -2.20. The normalized spacial score (nSPS) is 15.1. The van der Waals surface area contributed by atoms with Crippen molar-refractivity contribution < 1.29 is 4.79 Å². The molecule has 0 spiro atoms. The number of nitrogens with one attached hydrogen (secondary N) is 1. The van der Waals surface area contributed by atoms with Crippen LogP contribution in [0.4, 0.5) is 5.13 Å². The highest BCUT2D eigenvalue weighted by Gasteiger charge is 2.23. The van der Waals surface area contributed by atoms with Crippen molar-refractivity contribution in [2.75, 3.05) is 5.32 Å². The third kappa shape index (κ3) is 4.08. The summed E-state index contributed by atoms with van der Waals surface area (Å²) in [6.07, 6.45) is 4.32. The first-order valence-electron chi connectivity index (χ1n) is 7.53. The summed E-state index contributed by atoms with van der Waals surface area (Å²) in [4.78, 5) is 12.1. The molecule has 3 rings (SSSR count). The minimum Gasteiger partial charge on any atom is -0.300 e. The van der Waals surface area contributed by atoms with Crippen molar-refractivity contribution in [3.05, 3.63) is 35.4 Å². The molecule has 0 radical (unpaired) electrons. The SMILES string of the molecule is Cc1cccc(CSc2nnc(NC(=O)C3CCCC3)s2)c1. The summed E-state index contributed by atoms with van der Waals surface area (Å²) in [5.41, 5.74) is 2.54. The van der Waals surface area contributed by atoms with E-state index in [1.165, 1.54) is 22.5 Å². The Labute approximate surface area is 138 Å². The molecule has 1 aromatic heterocycles. The van der Waals surface area contributed by atoms with Crippen LogP contribution in [0.3, 0.4) is 0 Å². The molecule has 1 aliphatic rings. The van der Waals surface area contributed by atoms with Crippen LogP contribution in [0.15, 0.2) is 28.6 Å². The van der Waals surface area contributed by atoms with E-state index in [1.54, 1.807) is 11.8 Å². The number of anilines is 1. The minimum atomic E-state index is 0.101.